The van der Waals surface area contributed by atoms with Gasteiger partial charge in [-0.3, -0.25) is 4.79 Å². The molecule has 0 saturated heterocycles. The number of aliphatic hydroxyl groups is 3. The largest absolute Gasteiger partial charge is 0.481 e. The van der Waals surface area contributed by atoms with Crippen molar-refractivity contribution in [2.75, 3.05) is 0 Å². The first-order chi connectivity index (χ1) is 14.6. The first-order valence-electron chi connectivity index (χ1n) is 12.8. The standard InChI is InChI=1S/C26H44O5/c1-5-17-19-12-16(27)10-11-25(19,3)20-13-21(28)26(4)15(7-6-14(2)24(30)31)8-9-18(26)22(20)23(17)29/h14-23,27-29H,5-13H2,1-4H3,(H,30,31)/t14-,15?,16+,17+,18?,19-,20?,21-,22?,23+,25-,26+/m0/s1. The molecule has 4 rings (SSSR count). The number of carboxylic acids is 1. The minimum atomic E-state index is -0.740. The fraction of sp³-hybridized carbons (Fsp3) is 0.962. The number of carbonyl (C=O) groups is 1. The number of rotatable bonds is 5. The average molecular weight is 437 g/mol. The topological polar surface area (TPSA) is 98.0 Å². The Morgan fingerprint density at radius 2 is 1.74 bits per heavy atom. The summed E-state index contributed by atoms with van der Waals surface area (Å²) >= 11 is 0. The molecule has 5 heteroatoms. The second-order valence-corrected chi connectivity index (χ2v) is 12.1. The molecule has 31 heavy (non-hydrogen) atoms. The van der Waals surface area contributed by atoms with Gasteiger partial charge in [0.1, 0.15) is 0 Å². The SMILES string of the molecule is CC[C@H]1[C@@H](O)C2C3CCC(CC[C@H](C)C(=O)O)[C@@]3(C)[C@@H](O)CC2[C@@]2(C)CC[C@@H](O)C[C@@H]12. The van der Waals surface area contributed by atoms with Crippen molar-refractivity contribution in [1.82, 2.24) is 0 Å². The van der Waals surface area contributed by atoms with E-state index in [1.807, 2.05) is 0 Å². The van der Waals surface area contributed by atoms with E-state index in [1.165, 1.54) is 0 Å². The number of aliphatic carboxylic acids is 1. The van der Waals surface area contributed by atoms with Crippen molar-refractivity contribution in [3.63, 3.8) is 0 Å². The van der Waals surface area contributed by atoms with Crippen molar-refractivity contribution < 1.29 is 25.2 Å². The molecule has 5 nitrogen and oxygen atoms in total. The van der Waals surface area contributed by atoms with Gasteiger partial charge in [0.15, 0.2) is 0 Å². The predicted molar refractivity (Wildman–Crippen MR) is 119 cm³/mol. The van der Waals surface area contributed by atoms with Gasteiger partial charge in [0.2, 0.25) is 0 Å². The molecule has 0 heterocycles. The zero-order valence-electron chi connectivity index (χ0n) is 19.8. The monoisotopic (exact) mass is 436 g/mol. The molecule has 178 valence electrons. The summed E-state index contributed by atoms with van der Waals surface area (Å²) in [6, 6.07) is 0. The summed E-state index contributed by atoms with van der Waals surface area (Å²) in [7, 11) is 0. The highest BCUT2D eigenvalue weighted by Gasteiger charge is 2.66. The van der Waals surface area contributed by atoms with Gasteiger partial charge >= 0.3 is 5.97 Å². The molecule has 0 spiro atoms. The molecule has 4 aliphatic carbocycles. The van der Waals surface area contributed by atoms with Crippen molar-refractivity contribution >= 4 is 5.97 Å². The van der Waals surface area contributed by atoms with Crippen molar-refractivity contribution in [3.8, 4) is 0 Å². The van der Waals surface area contributed by atoms with Crippen LogP contribution in [0.25, 0.3) is 0 Å². The fourth-order valence-electron chi connectivity index (χ4n) is 9.10. The zero-order chi connectivity index (χ0) is 22.7. The van der Waals surface area contributed by atoms with Gasteiger partial charge in [-0.1, -0.05) is 34.1 Å². The molecular formula is C26H44O5. The van der Waals surface area contributed by atoms with Crippen molar-refractivity contribution in [1.29, 1.82) is 0 Å². The number of fused-ring (bicyclic) bond motifs is 5. The molecule has 4 saturated carbocycles. The molecule has 0 aliphatic heterocycles. The van der Waals surface area contributed by atoms with Crippen LogP contribution in [0.1, 0.15) is 85.5 Å². The van der Waals surface area contributed by atoms with Crippen LogP contribution >= 0.6 is 0 Å². The zero-order valence-corrected chi connectivity index (χ0v) is 19.8. The quantitative estimate of drug-likeness (QED) is 0.520. The van der Waals surface area contributed by atoms with E-state index in [4.69, 9.17) is 0 Å². The van der Waals surface area contributed by atoms with Gasteiger partial charge < -0.3 is 20.4 Å². The van der Waals surface area contributed by atoms with Gasteiger partial charge in [-0.2, -0.15) is 0 Å². The highest BCUT2D eigenvalue weighted by Crippen LogP contribution is 2.69. The maximum atomic E-state index is 11.7. The Kier molecular flexibility index (Phi) is 6.28. The van der Waals surface area contributed by atoms with E-state index in [2.05, 4.69) is 20.8 Å². The summed E-state index contributed by atoms with van der Waals surface area (Å²) in [5.74, 6) is 0.560. The molecule has 4 aliphatic rings. The van der Waals surface area contributed by atoms with Crippen molar-refractivity contribution in [2.45, 2.75) is 104 Å². The van der Waals surface area contributed by atoms with Crippen LogP contribution in [0.2, 0.25) is 0 Å². The van der Waals surface area contributed by atoms with Crippen molar-refractivity contribution in [2.24, 2.45) is 52.3 Å². The molecule has 0 aromatic rings. The summed E-state index contributed by atoms with van der Waals surface area (Å²) in [5, 5.41) is 42.9. The second kappa shape index (κ2) is 8.29. The van der Waals surface area contributed by atoms with Gasteiger partial charge in [-0.25, -0.2) is 0 Å². The molecular weight excluding hydrogens is 392 g/mol. The lowest BCUT2D eigenvalue weighted by Crippen LogP contribution is -2.64. The Morgan fingerprint density at radius 1 is 1.03 bits per heavy atom. The van der Waals surface area contributed by atoms with Crippen LogP contribution < -0.4 is 0 Å². The summed E-state index contributed by atoms with van der Waals surface area (Å²) in [6.07, 6.45) is 6.78. The lowest BCUT2D eigenvalue weighted by Gasteiger charge is -2.65. The number of aliphatic hydroxyl groups excluding tert-OH is 3. The van der Waals surface area contributed by atoms with Crippen molar-refractivity contribution in [3.05, 3.63) is 0 Å². The summed E-state index contributed by atoms with van der Waals surface area (Å²) in [4.78, 5) is 11.3. The van der Waals surface area contributed by atoms with E-state index >= 15 is 0 Å². The third kappa shape index (κ3) is 3.49. The molecule has 12 atom stereocenters. The average Bonchev–Trinajstić information content (AvgIpc) is 3.06. The predicted octanol–water partition coefficient (Wildman–Crippen LogP) is 4.08. The Balaban J connectivity index is 1.63. The lowest BCUT2D eigenvalue weighted by atomic mass is 9.41. The first-order valence-corrected chi connectivity index (χ1v) is 12.8. The number of hydrogen-bond donors (Lipinski definition) is 4. The van der Waals surface area contributed by atoms with Crippen LogP contribution in [-0.2, 0) is 4.79 Å². The Labute approximate surface area is 187 Å². The second-order valence-electron chi connectivity index (χ2n) is 12.1. The third-order valence-electron chi connectivity index (χ3n) is 11.1. The summed E-state index contributed by atoms with van der Waals surface area (Å²) < 4.78 is 0. The van der Waals surface area contributed by atoms with Gasteiger partial charge in [0, 0.05) is 0 Å². The van der Waals surface area contributed by atoms with E-state index in [-0.39, 0.29) is 40.8 Å². The van der Waals surface area contributed by atoms with Crippen LogP contribution in [0.3, 0.4) is 0 Å². The van der Waals surface area contributed by atoms with Crippen LogP contribution in [0.4, 0.5) is 0 Å². The Bertz CT molecular complexity index is 681. The lowest BCUT2D eigenvalue weighted by molar-refractivity contribution is -0.226. The Morgan fingerprint density at radius 3 is 2.39 bits per heavy atom. The van der Waals surface area contributed by atoms with E-state index in [0.29, 0.717) is 30.1 Å². The molecule has 0 aromatic carbocycles. The minimum absolute atomic E-state index is 0.0714. The van der Waals surface area contributed by atoms with E-state index in [0.717, 1.165) is 51.4 Å². The van der Waals surface area contributed by atoms with Crippen LogP contribution in [0.15, 0.2) is 0 Å². The molecule has 4 fully saturated rings. The molecule has 0 radical (unpaired) electrons. The summed E-state index contributed by atoms with van der Waals surface area (Å²) in [6.45, 7) is 8.57. The van der Waals surface area contributed by atoms with Crippen LogP contribution in [0, 0.1) is 52.3 Å². The number of hydrogen-bond acceptors (Lipinski definition) is 4. The Hall–Kier alpha value is -0.650. The minimum Gasteiger partial charge on any atom is -0.481 e. The molecule has 0 amide bonds. The maximum absolute atomic E-state index is 11.7. The van der Waals surface area contributed by atoms with Gasteiger partial charge in [0.05, 0.1) is 24.2 Å². The van der Waals surface area contributed by atoms with E-state index < -0.39 is 12.1 Å². The smallest absolute Gasteiger partial charge is 0.306 e. The number of carboxylic acid groups (broad SMARTS) is 1. The van der Waals surface area contributed by atoms with E-state index in [9.17, 15) is 25.2 Å². The highest BCUT2D eigenvalue weighted by atomic mass is 16.4. The van der Waals surface area contributed by atoms with Gasteiger partial charge in [-0.05, 0) is 97.7 Å². The third-order valence-corrected chi connectivity index (χ3v) is 11.1. The fourth-order valence-corrected chi connectivity index (χ4v) is 9.10. The first kappa shape index (κ1) is 23.5. The van der Waals surface area contributed by atoms with E-state index in [1.54, 1.807) is 6.92 Å². The van der Waals surface area contributed by atoms with Crippen LogP contribution in [0.5, 0.6) is 0 Å². The van der Waals surface area contributed by atoms with Gasteiger partial charge in [0.25, 0.3) is 0 Å². The normalized spacial score (nSPS) is 52.7. The summed E-state index contributed by atoms with van der Waals surface area (Å²) in [5.41, 5.74) is -0.169. The molecule has 0 bridgehead atoms. The highest BCUT2D eigenvalue weighted by molar-refractivity contribution is 5.69. The molecule has 4 unspecified atom stereocenters. The van der Waals surface area contributed by atoms with Gasteiger partial charge in [-0.15, -0.1) is 0 Å². The van der Waals surface area contributed by atoms with Crippen LogP contribution in [-0.4, -0.2) is 44.7 Å². The maximum Gasteiger partial charge on any atom is 0.306 e. The molecule has 4 N–H and O–H groups in total. The molecule has 0 aromatic heterocycles.